The highest BCUT2D eigenvalue weighted by atomic mass is 35.5. The average molecular weight is 377 g/mol. The van der Waals surface area contributed by atoms with Gasteiger partial charge in [-0.2, -0.15) is 0 Å². The Morgan fingerprint density at radius 1 is 1.35 bits per heavy atom. The Balaban J connectivity index is 1.54. The Bertz CT molecular complexity index is 762. The minimum Gasteiger partial charge on any atom is -0.480 e. The number of aromatic nitrogens is 3. The summed E-state index contributed by atoms with van der Waals surface area (Å²) in [5.41, 5.74) is 2.25. The van der Waals surface area contributed by atoms with Crippen LogP contribution in [0.25, 0.3) is 0 Å². The molecule has 0 saturated heterocycles. The molecule has 7 heteroatoms. The molecule has 2 heterocycles. The van der Waals surface area contributed by atoms with Crippen molar-refractivity contribution in [3.05, 3.63) is 40.3 Å². The maximum atomic E-state index is 12.5. The first kappa shape index (κ1) is 18.7. The summed E-state index contributed by atoms with van der Waals surface area (Å²) in [5.74, 6) is 1.10. The number of methoxy groups -OCH3 is 1. The molecule has 1 aliphatic rings. The van der Waals surface area contributed by atoms with E-state index in [1.165, 1.54) is 0 Å². The Hall–Kier alpha value is -2.08. The topological polar surface area (TPSA) is 69.0 Å². The molecule has 140 valence electrons. The summed E-state index contributed by atoms with van der Waals surface area (Å²) in [6, 6.07) is 3.79. The second kappa shape index (κ2) is 8.08. The summed E-state index contributed by atoms with van der Waals surface area (Å²) in [6.45, 7) is 4.74. The third-order valence-corrected chi connectivity index (χ3v) is 5.41. The van der Waals surface area contributed by atoms with Crippen LogP contribution in [0, 0.1) is 19.8 Å². The van der Waals surface area contributed by atoms with Crippen molar-refractivity contribution < 1.29 is 9.53 Å². The molecule has 2 aromatic heterocycles. The van der Waals surface area contributed by atoms with E-state index in [2.05, 4.69) is 15.4 Å². The molecule has 0 bridgehead atoms. The van der Waals surface area contributed by atoms with E-state index < -0.39 is 0 Å². The van der Waals surface area contributed by atoms with Gasteiger partial charge in [0.05, 0.1) is 23.4 Å². The number of nitrogens with one attached hydrogen (secondary N) is 1. The fraction of sp³-hybridized carbons (Fsp3) is 0.526. The second-order valence-corrected chi connectivity index (χ2v) is 7.36. The largest absolute Gasteiger partial charge is 0.480 e. The van der Waals surface area contributed by atoms with Crippen LogP contribution in [-0.2, 0) is 6.54 Å². The number of ether oxygens (including phenoxy) is 1. The Labute approximate surface area is 158 Å². The zero-order valence-corrected chi connectivity index (χ0v) is 16.2. The number of hydrogen-bond donors (Lipinski definition) is 1. The third kappa shape index (κ3) is 4.18. The van der Waals surface area contributed by atoms with Gasteiger partial charge < -0.3 is 10.1 Å². The zero-order valence-electron chi connectivity index (χ0n) is 15.5. The van der Waals surface area contributed by atoms with Crippen LogP contribution in [0.1, 0.15) is 47.4 Å². The molecule has 0 radical (unpaired) electrons. The lowest BCUT2D eigenvalue weighted by atomic mass is 9.86. The Morgan fingerprint density at radius 2 is 2.08 bits per heavy atom. The van der Waals surface area contributed by atoms with E-state index in [9.17, 15) is 4.79 Å². The van der Waals surface area contributed by atoms with E-state index in [1.54, 1.807) is 26.3 Å². The molecule has 3 rings (SSSR count). The summed E-state index contributed by atoms with van der Waals surface area (Å²) in [4.78, 5) is 16.7. The molecule has 0 unspecified atom stereocenters. The summed E-state index contributed by atoms with van der Waals surface area (Å²) in [5, 5.41) is 8.02. The van der Waals surface area contributed by atoms with Crippen molar-refractivity contribution in [3.8, 4) is 5.88 Å². The van der Waals surface area contributed by atoms with Crippen molar-refractivity contribution in [1.82, 2.24) is 20.1 Å². The lowest BCUT2D eigenvalue weighted by Crippen LogP contribution is -2.38. The van der Waals surface area contributed by atoms with Crippen LogP contribution in [0.2, 0.25) is 5.02 Å². The molecule has 1 aliphatic carbocycles. The fourth-order valence-electron chi connectivity index (χ4n) is 3.56. The number of aryl methyl sites for hydroxylation is 2. The van der Waals surface area contributed by atoms with E-state index in [1.807, 2.05) is 17.7 Å². The van der Waals surface area contributed by atoms with Gasteiger partial charge in [0.25, 0.3) is 5.91 Å². The number of pyridine rings is 1. The van der Waals surface area contributed by atoms with Crippen molar-refractivity contribution in [3.63, 3.8) is 0 Å². The lowest BCUT2D eigenvalue weighted by Gasteiger charge is -2.29. The number of rotatable bonds is 5. The predicted octanol–water partition coefficient (Wildman–Crippen LogP) is 3.55. The van der Waals surface area contributed by atoms with Crippen LogP contribution >= 0.6 is 11.6 Å². The molecule has 0 aromatic carbocycles. The highest BCUT2D eigenvalue weighted by molar-refractivity contribution is 6.34. The standard InChI is InChI=1S/C19H25ClN4O2/c1-12-10-17(26-3)23-24(12)11-14-4-6-15(7-5-14)22-19(25)18-13(2)21-9-8-16(18)20/h8-10,14-15H,4-7,11H2,1-3H3,(H,22,25). The van der Waals surface area contributed by atoms with E-state index in [0.717, 1.165) is 37.9 Å². The van der Waals surface area contributed by atoms with Gasteiger partial charge in [-0.3, -0.25) is 14.5 Å². The molecule has 1 N–H and O–H groups in total. The van der Waals surface area contributed by atoms with E-state index in [4.69, 9.17) is 16.3 Å². The van der Waals surface area contributed by atoms with Gasteiger partial charge in [-0.25, -0.2) is 0 Å². The molecule has 1 fully saturated rings. The van der Waals surface area contributed by atoms with Crippen LogP contribution in [-0.4, -0.2) is 33.8 Å². The third-order valence-electron chi connectivity index (χ3n) is 5.10. The van der Waals surface area contributed by atoms with Gasteiger partial charge in [0.2, 0.25) is 5.88 Å². The molecular formula is C19H25ClN4O2. The second-order valence-electron chi connectivity index (χ2n) is 6.95. The van der Waals surface area contributed by atoms with Crippen molar-refractivity contribution >= 4 is 17.5 Å². The van der Waals surface area contributed by atoms with Crippen LogP contribution < -0.4 is 10.1 Å². The minimum atomic E-state index is -0.128. The van der Waals surface area contributed by atoms with Gasteiger partial charge in [-0.05, 0) is 51.5 Å². The maximum absolute atomic E-state index is 12.5. The van der Waals surface area contributed by atoms with Gasteiger partial charge in [0.1, 0.15) is 0 Å². The first-order valence-corrected chi connectivity index (χ1v) is 9.36. The molecule has 0 aliphatic heterocycles. The molecular weight excluding hydrogens is 352 g/mol. The van der Waals surface area contributed by atoms with E-state index in [-0.39, 0.29) is 11.9 Å². The Kier molecular flexibility index (Phi) is 5.81. The number of nitrogens with zero attached hydrogens (tertiary/aromatic N) is 3. The monoisotopic (exact) mass is 376 g/mol. The SMILES string of the molecule is COc1cc(C)n(CC2CCC(NC(=O)c3c(Cl)ccnc3C)CC2)n1. The Morgan fingerprint density at radius 3 is 2.69 bits per heavy atom. The van der Waals surface area contributed by atoms with Crippen LogP contribution in [0.3, 0.4) is 0 Å². The van der Waals surface area contributed by atoms with Gasteiger partial charge in [-0.15, -0.1) is 5.10 Å². The summed E-state index contributed by atoms with van der Waals surface area (Å²) < 4.78 is 7.21. The van der Waals surface area contributed by atoms with Crippen molar-refractivity contribution in [1.29, 1.82) is 0 Å². The van der Waals surface area contributed by atoms with Crippen LogP contribution in [0.5, 0.6) is 5.88 Å². The molecule has 6 nitrogen and oxygen atoms in total. The normalized spacial score (nSPS) is 20.0. The van der Waals surface area contributed by atoms with Gasteiger partial charge >= 0.3 is 0 Å². The van der Waals surface area contributed by atoms with Crippen molar-refractivity contribution in [2.75, 3.05) is 7.11 Å². The molecule has 2 aromatic rings. The maximum Gasteiger partial charge on any atom is 0.254 e. The van der Waals surface area contributed by atoms with Crippen molar-refractivity contribution in [2.24, 2.45) is 5.92 Å². The summed E-state index contributed by atoms with van der Waals surface area (Å²) in [7, 11) is 1.64. The fourth-order valence-corrected chi connectivity index (χ4v) is 3.84. The van der Waals surface area contributed by atoms with E-state index in [0.29, 0.717) is 28.1 Å². The number of carbonyl (C=O) groups excluding carboxylic acids is 1. The highest BCUT2D eigenvalue weighted by Crippen LogP contribution is 2.27. The van der Waals surface area contributed by atoms with Gasteiger partial charge in [-0.1, -0.05) is 11.6 Å². The van der Waals surface area contributed by atoms with Crippen LogP contribution in [0.4, 0.5) is 0 Å². The number of carbonyl (C=O) groups is 1. The minimum absolute atomic E-state index is 0.128. The van der Waals surface area contributed by atoms with E-state index >= 15 is 0 Å². The highest BCUT2D eigenvalue weighted by Gasteiger charge is 2.25. The zero-order chi connectivity index (χ0) is 18.7. The van der Waals surface area contributed by atoms with Gasteiger partial charge in [0.15, 0.2) is 0 Å². The number of hydrogen-bond acceptors (Lipinski definition) is 4. The van der Waals surface area contributed by atoms with Crippen molar-refractivity contribution in [2.45, 2.75) is 52.1 Å². The lowest BCUT2D eigenvalue weighted by molar-refractivity contribution is 0.0919. The molecule has 26 heavy (non-hydrogen) atoms. The predicted molar refractivity (Wildman–Crippen MR) is 101 cm³/mol. The number of amides is 1. The average Bonchev–Trinajstić information content (AvgIpc) is 2.96. The smallest absolute Gasteiger partial charge is 0.254 e. The van der Waals surface area contributed by atoms with Crippen LogP contribution in [0.15, 0.2) is 18.3 Å². The summed E-state index contributed by atoms with van der Waals surface area (Å²) >= 11 is 6.16. The molecule has 0 spiro atoms. The molecule has 0 atom stereocenters. The molecule has 1 saturated carbocycles. The first-order valence-electron chi connectivity index (χ1n) is 8.98. The molecule has 1 amide bonds. The quantitative estimate of drug-likeness (QED) is 0.866. The summed E-state index contributed by atoms with van der Waals surface area (Å²) in [6.07, 6.45) is 5.67. The first-order chi connectivity index (χ1) is 12.5. The van der Waals surface area contributed by atoms with Gasteiger partial charge in [0, 0.05) is 30.5 Å². The number of halogens is 1.